The molecule has 1 fully saturated rings. The maximum Gasteiger partial charge on any atom is 0.255 e. The van der Waals surface area contributed by atoms with E-state index in [1.165, 1.54) is 12.1 Å². The number of primary amides is 1. The fourth-order valence-electron chi connectivity index (χ4n) is 2.58. The molecule has 124 valence electrons. The average Bonchev–Trinajstić information content (AvgIpc) is 3.37. The molecule has 0 aromatic heterocycles. The molecule has 24 heavy (non-hydrogen) atoms. The standard InChI is InChI=1S/C18H17FN2O3/c19-13-3-1-12(2-4-13)18(9-10-18)17(23)21-14-5-7-15(8-6-14)24-11-16(20)22/h1-8H,9-11H2,(H2,20,22)(H,21,23). The summed E-state index contributed by atoms with van der Waals surface area (Å²) in [6, 6.07) is 12.7. The lowest BCUT2D eigenvalue weighted by atomic mass is 9.95. The highest BCUT2D eigenvalue weighted by molar-refractivity contribution is 6.01. The van der Waals surface area contributed by atoms with Crippen molar-refractivity contribution in [2.24, 2.45) is 5.73 Å². The summed E-state index contributed by atoms with van der Waals surface area (Å²) < 4.78 is 18.2. The summed E-state index contributed by atoms with van der Waals surface area (Å²) in [5.41, 5.74) is 5.88. The van der Waals surface area contributed by atoms with Gasteiger partial charge in [0.15, 0.2) is 6.61 Å². The Kier molecular flexibility index (Phi) is 4.20. The van der Waals surface area contributed by atoms with Crippen LogP contribution < -0.4 is 15.8 Å². The van der Waals surface area contributed by atoms with E-state index in [9.17, 15) is 14.0 Å². The predicted octanol–water partition coefficient (Wildman–Crippen LogP) is 2.36. The molecule has 6 heteroatoms. The molecule has 1 aliphatic rings. The summed E-state index contributed by atoms with van der Waals surface area (Å²) in [6.07, 6.45) is 1.48. The van der Waals surface area contributed by atoms with Gasteiger partial charge in [0.25, 0.3) is 5.91 Å². The van der Waals surface area contributed by atoms with E-state index in [0.29, 0.717) is 11.4 Å². The van der Waals surface area contributed by atoms with Crippen LogP contribution in [0.2, 0.25) is 0 Å². The first-order valence-electron chi connectivity index (χ1n) is 7.58. The van der Waals surface area contributed by atoms with Crippen molar-refractivity contribution >= 4 is 17.5 Å². The normalized spacial score (nSPS) is 14.7. The number of nitrogens with one attached hydrogen (secondary N) is 1. The number of rotatable bonds is 6. The van der Waals surface area contributed by atoms with Crippen LogP contribution in [0.5, 0.6) is 5.75 Å². The quantitative estimate of drug-likeness (QED) is 0.854. The molecule has 2 amide bonds. The van der Waals surface area contributed by atoms with Gasteiger partial charge in [-0.1, -0.05) is 12.1 Å². The Hall–Kier alpha value is -2.89. The SMILES string of the molecule is NC(=O)COc1ccc(NC(=O)C2(c3ccc(F)cc3)CC2)cc1. The van der Waals surface area contributed by atoms with Crippen molar-refractivity contribution in [2.75, 3.05) is 11.9 Å². The molecule has 2 aromatic rings. The number of benzene rings is 2. The molecule has 0 heterocycles. The molecule has 1 saturated carbocycles. The second-order valence-electron chi connectivity index (χ2n) is 5.82. The lowest BCUT2D eigenvalue weighted by molar-refractivity contribution is -0.120. The molecular formula is C18H17FN2O3. The lowest BCUT2D eigenvalue weighted by Gasteiger charge is -2.16. The second-order valence-corrected chi connectivity index (χ2v) is 5.82. The van der Waals surface area contributed by atoms with E-state index in [1.807, 2.05) is 0 Å². The van der Waals surface area contributed by atoms with Gasteiger partial charge in [0.05, 0.1) is 5.41 Å². The largest absolute Gasteiger partial charge is 0.484 e. The number of ether oxygens (including phenoxy) is 1. The van der Waals surface area contributed by atoms with Crippen molar-refractivity contribution in [3.8, 4) is 5.75 Å². The van der Waals surface area contributed by atoms with Gasteiger partial charge in [0.2, 0.25) is 5.91 Å². The number of amides is 2. The minimum absolute atomic E-state index is 0.111. The Morgan fingerprint density at radius 2 is 1.71 bits per heavy atom. The van der Waals surface area contributed by atoms with E-state index in [1.54, 1.807) is 36.4 Å². The van der Waals surface area contributed by atoms with Gasteiger partial charge < -0.3 is 15.8 Å². The third kappa shape index (κ3) is 3.37. The van der Waals surface area contributed by atoms with Crippen LogP contribution >= 0.6 is 0 Å². The Bertz CT molecular complexity index is 753. The Morgan fingerprint density at radius 3 is 2.25 bits per heavy atom. The number of hydrogen-bond donors (Lipinski definition) is 2. The first-order valence-corrected chi connectivity index (χ1v) is 7.58. The smallest absolute Gasteiger partial charge is 0.255 e. The summed E-state index contributed by atoms with van der Waals surface area (Å²) in [5.74, 6) is -0.491. The van der Waals surface area contributed by atoms with Crippen molar-refractivity contribution in [3.05, 3.63) is 59.9 Å². The summed E-state index contributed by atoms with van der Waals surface area (Å²) in [4.78, 5) is 23.3. The molecule has 3 rings (SSSR count). The van der Waals surface area contributed by atoms with Crippen LogP contribution in [-0.4, -0.2) is 18.4 Å². The number of anilines is 1. The van der Waals surface area contributed by atoms with Crippen molar-refractivity contribution in [3.63, 3.8) is 0 Å². The van der Waals surface area contributed by atoms with Crippen LogP contribution in [0.25, 0.3) is 0 Å². The summed E-state index contributed by atoms with van der Waals surface area (Å²) in [7, 11) is 0. The van der Waals surface area contributed by atoms with Gasteiger partial charge in [-0.05, 0) is 54.8 Å². The highest BCUT2D eigenvalue weighted by Crippen LogP contribution is 2.49. The number of nitrogens with two attached hydrogens (primary N) is 1. The lowest BCUT2D eigenvalue weighted by Crippen LogP contribution is -2.27. The molecule has 3 N–H and O–H groups in total. The fraction of sp³-hybridized carbons (Fsp3) is 0.222. The van der Waals surface area contributed by atoms with Gasteiger partial charge in [-0.3, -0.25) is 9.59 Å². The van der Waals surface area contributed by atoms with Gasteiger partial charge >= 0.3 is 0 Å². The summed E-state index contributed by atoms with van der Waals surface area (Å²) in [6.45, 7) is -0.195. The second kappa shape index (κ2) is 6.31. The van der Waals surface area contributed by atoms with Gasteiger partial charge in [0, 0.05) is 5.69 Å². The maximum absolute atomic E-state index is 13.1. The number of carbonyl (C=O) groups is 2. The third-order valence-corrected chi connectivity index (χ3v) is 4.07. The zero-order valence-corrected chi connectivity index (χ0v) is 12.9. The van der Waals surface area contributed by atoms with E-state index < -0.39 is 11.3 Å². The van der Waals surface area contributed by atoms with E-state index in [0.717, 1.165) is 18.4 Å². The van der Waals surface area contributed by atoms with Gasteiger partial charge in [-0.2, -0.15) is 0 Å². The molecule has 0 unspecified atom stereocenters. The highest BCUT2D eigenvalue weighted by atomic mass is 19.1. The molecule has 0 aliphatic heterocycles. The van der Waals surface area contributed by atoms with Crippen molar-refractivity contribution in [1.82, 2.24) is 0 Å². The Labute approximate surface area is 138 Å². The molecule has 5 nitrogen and oxygen atoms in total. The Morgan fingerprint density at radius 1 is 1.08 bits per heavy atom. The number of halogens is 1. The number of hydrogen-bond acceptors (Lipinski definition) is 3. The van der Waals surface area contributed by atoms with Crippen molar-refractivity contribution in [1.29, 1.82) is 0 Å². The average molecular weight is 328 g/mol. The molecule has 1 aliphatic carbocycles. The first-order chi connectivity index (χ1) is 11.5. The molecule has 0 atom stereocenters. The zero-order valence-electron chi connectivity index (χ0n) is 12.9. The van der Waals surface area contributed by atoms with Crippen LogP contribution in [0, 0.1) is 5.82 Å². The van der Waals surface area contributed by atoms with Crippen molar-refractivity contribution in [2.45, 2.75) is 18.3 Å². The summed E-state index contributed by atoms with van der Waals surface area (Å²) >= 11 is 0. The fourth-order valence-corrected chi connectivity index (χ4v) is 2.58. The van der Waals surface area contributed by atoms with E-state index >= 15 is 0 Å². The molecule has 0 saturated heterocycles. The van der Waals surface area contributed by atoms with Crippen LogP contribution in [0.3, 0.4) is 0 Å². The van der Waals surface area contributed by atoms with Gasteiger partial charge in [-0.25, -0.2) is 4.39 Å². The minimum atomic E-state index is -0.575. The monoisotopic (exact) mass is 328 g/mol. The Balaban J connectivity index is 1.66. The number of carbonyl (C=O) groups excluding carboxylic acids is 2. The van der Waals surface area contributed by atoms with Crippen LogP contribution in [0.15, 0.2) is 48.5 Å². The summed E-state index contributed by atoms with van der Waals surface area (Å²) in [5, 5.41) is 2.87. The molecule has 0 radical (unpaired) electrons. The van der Waals surface area contributed by atoms with E-state index in [2.05, 4.69) is 5.32 Å². The van der Waals surface area contributed by atoms with E-state index in [-0.39, 0.29) is 18.3 Å². The van der Waals surface area contributed by atoms with Crippen LogP contribution in [-0.2, 0) is 15.0 Å². The predicted molar refractivity (Wildman–Crippen MR) is 87.1 cm³/mol. The van der Waals surface area contributed by atoms with Crippen molar-refractivity contribution < 1.29 is 18.7 Å². The first kappa shape index (κ1) is 16.0. The van der Waals surface area contributed by atoms with E-state index in [4.69, 9.17) is 10.5 Å². The van der Waals surface area contributed by atoms with Gasteiger partial charge in [-0.15, -0.1) is 0 Å². The minimum Gasteiger partial charge on any atom is -0.484 e. The van der Waals surface area contributed by atoms with Gasteiger partial charge in [0.1, 0.15) is 11.6 Å². The third-order valence-electron chi connectivity index (χ3n) is 4.07. The van der Waals surface area contributed by atoms with Crippen LogP contribution in [0.4, 0.5) is 10.1 Å². The zero-order chi connectivity index (χ0) is 17.2. The molecule has 0 spiro atoms. The maximum atomic E-state index is 13.1. The molecule has 2 aromatic carbocycles. The molecular weight excluding hydrogens is 311 g/mol. The van der Waals surface area contributed by atoms with Crippen LogP contribution in [0.1, 0.15) is 18.4 Å². The highest BCUT2D eigenvalue weighted by Gasteiger charge is 2.51. The topological polar surface area (TPSA) is 81.4 Å². The molecule has 0 bridgehead atoms.